The molecule has 2 atom stereocenters. The molecule has 0 aromatic heterocycles. The van der Waals surface area contributed by atoms with Crippen molar-refractivity contribution >= 4 is 0 Å². The highest BCUT2D eigenvalue weighted by atomic mass is 14.3. The van der Waals surface area contributed by atoms with E-state index in [1.165, 1.54) is 180 Å². The van der Waals surface area contributed by atoms with Crippen LogP contribution in [-0.2, 0) is 0 Å². The van der Waals surface area contributed by atoms with Crippen molar-refractivity contribution < 1.29 is 0 Å². The number of rotatable bonds is 31. The van der Waals surface area contributed by atoms with Crippen molar-refractivity contribution in [2.75, 3.05) is 0 Å². The lowest BCUT2D eigenvalue weighted by atomic mass is 9.78. The summed E-state index contributed by atoms with van der Waals surface area (Å²) in [5.74, 6) is 2.02. The summed E-state index contributed by atoms with van der Waals surface area (Å²) in [6.07, 6.45) is 43.0. The van der Waals surface area contributed by atoms with E-state index in [1.54, 1.807) is 0 Å². The van der Waals surface area contributed by atoms with Crippen LogP contribution < -0.4 is 0 Å². The fraction of sp³-hybridized carbons (Fsp3) is 0.944. The second kappa shape index (κ2) is 31.2. The molecule has 0 saturated heterocycles. The molecule has 0 bridgehead atoms. The maximum Gasteiger partial charge on any atom is -0.0386 e. The van der Waals surface area contributed by atoms with Crippen molar-refractivity contribution in [3.63, 3.8) is 0 Å². The standard InChI is InChI=1S/C36H72/c1-5-9-13-17-21-25-29-33-35(31-27-23-19-15-11-7-3)36(32-28-24-20-16-12-8-4)34-30-26-22-18-14-10-6-2/h35-36H,1-2,5-34H2,3-4H3. The van der Waals surface area contributed by atoms with E-state index in [4.69, 9.17) is 0 Å². The normalized spacial score (nSPS) is 13.3. The Bertz CT molecular complexity index is 336. The zero-order valence-electron chi connectivity index (χ0n) is 25.8. The lowest BCUT2D eigenvalue weighted by Crippen LogP contribution is -2.16. The van der Waals surface area contributed by atoms with Crippen molar-refractivity contribution in [3.05, 3.63) is 13.8 Å². The van der Waals surface area contributed by atoms with E-state index >= 15 is 0 Å². The summed E-state index contributed by atoms with van der Waals surface area (Å²) >= 11 is 0. The molecule has 0 heterocycles. The molecule has 0 fully saturated rings. The van der Waals surface area contributed by atoms with E-state index in [0.717, 1.165) is 24.7 Å². The van der Waals surface area contributed by atoms with Gasteiger partial charge in [-0.2, -0.15) is 0 Å². The molecular formula is C36H72. The van der Waals surface area contributed by atoms with E-state index in [-0.39, 0.29) is 0 Å². The Labute approximate surface area is 232 Å². The first-order valence-corrected chi connectivity index (χ1v) is 17.4. The Morgan fingerprint density at radius 3 is 0.778 bits per heavy atom. The summed E-state index contributed by atoms with van der Waals surface area (Å²) in [7, 11) is 0. The third-order valence-electron chi connectivity index (χ3n) is 8.67. The highest BCUT2D eigenvalue weighted by Gasteiger charge is 2.20. The molecule has 0 spiro atoms. The highest BCUT2D eigenvalue weighted by Crippen LogP contribution is 2.33. The fourth-order valence-corrected chi connectivity index (χ4v) is 6.19. The molecule has 2 radical (unpaired) electrons. The van der Waals surface area contributed by atoms with E-state index in [2.05, 4.69) is 27.7 Å². The molecule has 0 aliphatic carbocycles. The molecule has 216 valence electrons. The van der Waals surface area contributed by atoms with Crippen LogP contribution in [0.5, 0.6) is 0 Å². The van der Waals surface area contributed by atoms with Crippen LogP contribution in [0.3, 0.4) is 0 Å². The van der Waals surface area contributed by atoms with Gasteiger partial charge in [-0.3, -0.25) is 0 Å². The van der Waals surface area contributed by atoms with Crippen molar-refractivity contribution in [1.82, 2.24) is 0 Å². The van der Waals surface area contributed by atoms with E-state index in [1.807, 2.05) is 0 Å². The molecule has 0 nitrogen and oxygen atoms in total. The smallest absolute Gasteiger partial charge is 0.0386 e. The SMILES string of the molecule is [CH2]CCCCCCCCC(CCCCCCCC)C(CCCCCCCC)CCCCCCCC[CH2]. The zero-order valence-corrected chi connectivity index (χ0v) is 25.8. The molecule has 0 rings (SSSR count). The van der Waals surface area contributed by atoms with Crippen LogP contribution in [-0.4, -0.2) is 0 Å². The monoisotopic (exact) mass is 505 g/mol. The van der Waals surface area contributed by atoms with E-state index < -0.39 is 0 Å². The Kier molecular flexibility index (Phi) is 31.2. The third kappa shape index (κ3) is 25.6. The lowest BCUT2D eigenvalue weighted by molar-refractivity contribution is 0.236. The summed E-state index contributed by atoms with van der Waals surface area (Å²) in [6, 6.07) is 0. The van der Waals surface area contributed by atoms with E-state index in [9.17, 15) is 0 Å². The van der Waals surface area contributed by atoms with Gasteiger partial charge in [-0.25, -0.2) is 0 Å². The largest absolute Gasteiger partial charge is 0.0654 e. The summed E-state index contributed by atoms with van der Waals surface area (Å²) in [5.41, 5.74) is 0. The molecule has 0 aromatic carbocycles. The Morgan fingerprint density at radius 2 is 0.528 bits per heavy atom. The van der Waals surface area contributed by atoms with Crippen molar-refractivity contribution in [2.45, 2.75) is 206 Å². The second-order valence-electron chi connectivity index (χ2n) is 12.2. The second-order valence-corrected chi connectivity index (χ2v) is 12.2. The van der Waals surface area contributed by atoms with Crippen LogP contribution in [0.2, 0.25) is 0 Å². The summed E-state index contributed by atoms with van der Waals surface area (Å²) in [4.78, 5) is 0. The molecule has 0 aromatic rings. The first-order chi connectivity index (χ1) is 17.8. The molecule has 0 aliphatic rings. The van der Waals surface area contributed by atoms with Crippen LogP contribution in [0.15, 0.2) is 0 Å². The van der Waals surface area contributed by atoms with Gasteiger partial charge in [0.2, 0.25) is 0 Å². The van der Waals surface area contributed by atoms with Gasteiger partial charge >= 0.3 is 0 Å². The van der Waals surface area contributed by atoms with Crippen LogP contribution >= 0.6 is 0 Å². The van der Waals surface area contributed by atoms with E-state index in [0.29, 0.717) is 0 Å². The number of hydrogen-bond acceptors (Lipinski definition) is 0. The van der Waals surface area contributed by atoms with Gasteiger partial charge in [0, 0.05) is 0 Å². The van der Waals surface area contributed by atoms with Gasteiger partial charge in [0.15, 0.2) is 0 Å². The van der Waals surface area contributed by atoms with Crippen molar-refractivity contribution in [1.29, 1.82) is 0 Å². The number of unbranched alkanes of at least 4 members (excludes halogenated alkanes) is 22. The van der Waals surface area contributed by atoms with Crippen LogP contribution in [0.1, 0.15) is 206 Å². The molecule has 36 heavy (non-hydrogen) atoms. The van der Waals surface area contributed by atoms with Gasteiger partial charge in [-0.05, 0) is 11.8 Å². The van der Waals surface area contributed by atoms with Gasteiger partial charge in [0.05, 0.1) is 0 Å². The van der Waals surface area contributed by atoms with Gasteiger partial charge < -0.3 is 0 Å². The highest BCUT2D eigenvalue weighted by molar-refractivity contribution is 4.72. The summed E-state index contributed by atoms with van der Waals surface area (Å²) in [6.45, 7) is 12.7. The molecule has 0 saturated carbocycles. The van der Waals surface area contributed by atoms with Gasteiger partial charge in [0.25, 0.3) is 0 Å². The molecule has 0 heteroatoms. The molecular weight excluding hydrogens is 432 g/mol. The summed E-state index contributed by atoms with van der Waals surface area (Å²) in [5, 5.41) is 0. The van der Waals surface area contributed by atoms with Crippen LogP contribution in [0.4, 0.5) is 0 Å². The minimum absolute atomic E-state index is 1.01. The minimum Gasteiger partial charge on any atom is -0.0654 e. The summed E-state index contributed by atoms with van der Waals surface area (Å²) < 4.78 is 0. The van der Waals surface area contributed by atoms with Crippen LogP contribution in [0.25, 0.3) is 0 Å². The van der Waals surface area contributed by atoms with Crippen molar-refractivity contribution in [3.8, 4) is 0 Å². The Balaban J connectivity index is 4.68. The molecule has 0 aliphatic heterocycles. The average molecular weight is 505 g/mol. The van der Waals surface area contributed by atoms with Gasteiger partial charge in [-0.15, -0.1) is 0 Å². The first kappa shape index (κ1) is 36.0. The Morgan fingerprint density at radius 1 is 0.306 bits per heavy atom. The predicted octanol–water partition coefficient (Wildman–Crippen LogP) is 13.6. The number of hydrogen-bond donors (Lipinski definition) is 0. The quantitative estimate of drug-likeness (QED) is 0.0823. The maximum atomic E-state index is 4.01. The Hall–Kier alpha value is 0. The van der Waals surface area contributed by atoms with Crippen LogP contribution in [0, 0.1) is 25.7 Å². The molecule has 0 N–H and O–H groups in total. The van der Waals surface area contributed by atoms with Crippen molar-refractivity contribution in [2.24, 2.45) is 11.8 Å². The third-order valence-corrected chi connectivity index (χ3v) is 8.67. The zero-order chi connectivity index (χ0) is 26.4. The topological polar surface area (TPSA) is 0 Å². The first-order valence-electron chi connectivity index (χ1n) is 17.4. The van der Waals surface area contributed by atoms with Gasteiger partial charge in [-0.1, -0.05) is 220 Å². The molecule has 0 amide bonds. The fourth-order valence-electron chi connectivity index (χ4n) is 6.19. The average Bonchev–Trinajstić information content (AvgIpc) is 2.89. The molecule has 2 unspecified atom stereocenters. The maximum absolute atomic E-state index is 4.01. The lowest BCUT2D eigenvalue weighted by Gasteiger charge is -2.28. The minimum atomic E-state index is 1.01. The van der Waals surface area contributed by atoms with Gasteiger partial charge in [0.1, 0.15) is 0 Å². The predicted molar refractivity (Wildman–Crippen MR) is 168 cm³/mol.